The first kappa shape index (κ1) is 12.7. The number of carbonyl (C=O) groups excluding carboxylic acids is 1. The fourth-order valence-electron chi connectivity index (χ4n) is 3.40. The Kier molecular flexibility index (Phi) is 3.56. The topological polar surface area (TPSA) is 46.3 Å². The van der Waals surface area contributed by atoms with Crippen molar-refractivity contribution in [2.24, 2.45) is 23.5 Å². The highest BCUT2D eigenvalue weighted by Gasteiger charge is 2.48. The van der Waals surface area contributed by atoms with E-state index in [4.69, 9.17) is 5.73 Å². The number of nitrogens with two attached hydrogens (primary N) is 1. The van der Waals surface area contributed by atoms with Gasteiger partial charge in [-0.2, -0.15) is 0 Å². The summed E-state index contributed by atoms with van der Waals surface area (Å²) in [5.41, 5.74) is 6.85. The molecule has 1 amide bonds. The van der Waals surface area contributed by atoms with Crippen LogP contribution < -0.4 is 5.73 Å². The van der Waals surface area contributed by atoms with Gasteiger partial charge in [0.2, 0.25) is 5.91 Å². The van der Waals surface area contributed by atoms with Gasteiger partial charge in [-0.3, -0.25) is 4.79 Å². The molecule has 0 heterocycles. The minimum Gasteiger partial charge on any atom is -0.337 e. The van der Waals surface area contributed by atoms with Crippen molar-refractivity contribution >= 4 is 5.91 Å². The molecule has 19 heavy (non-hydrogen) atoms. The van der Waals surface area contributed by atoms with Crippen LogP contribution in [0.15, 0.2) is 30.3 Å². The van der Waals surface area contributed by atoms with Crippen molar-refractivity contribution in [2.75, 3.05) is 13.1 Å². The maximum Gasteiger partial charge on any atom is 0.226 e. The van der Waals surface area contributed by atoms with E-state index >= 15 is 0 Å². The molecule has 0 saturated heterocycles. The van der Waals surface area contributed by atoms with Gasteiger partial charge in [0, 0.05) is 25.6 Å². The first-order valence-electron chi connectivity index (χ1n) is 7.30. The number of amides is 1. The molecule has 0 radical (unpaired) electrons. The average Bonchev–Trinajstić information content (AvgIpc) is 3.05. The molecule has 2 aliphatic carbocycles. The molecule has 2 atom stereocenters. The third kappa shape index (κ3) is 2.81. The van der Waals surface area contributed by atoms with Crippen molar-refractivity contribution in [3.05, 3.63) is 35.9 Å². The van der Waals surface area contributed by atoms with E-state index in [1.54, 1.807) is 0 Å². The molecule has 1 aromatic carbocycles. The first-order valence-corrected chi connectivity index (χ1v) is 7.30. The maximum absolute atomic E-state index is 12.6. The van der Waals surface area contributed by atoms with Crippen LogP contribution in [0.4, 0.5) is 0 Å². The molecule has 3 nitrogen and oxygen atoms in total. The van der Waals surface area contributed by atoms with Crippen molar-refractivity contribution < 1.29 is 4.79 Å². The monoisotopic (exact) mass is 258 g/mol. The summed E-state index contributed by atoms with van der Waals surface area (Å²) < 4.78 is 0. The Morgan fingerprint density at radius 2 is 1.84 bits per heavy atom. The van der Waals surface area contributed by atoms with Crippen LogP contribution in [0.3, 0.4) is 0 Å². The van der Waals surface area contributed by atoms with Crippen molar-refractivity contribution in [3.8, 4) is 0 Å². The molecule has 2 N–H and O–H groups in total. The number of carbonyl (C=O) groups is 1. The Morgan fingerprint density at radius 3 is 2.47 bits per heavy atom. The SMILES string of the molecule is NCCN(Cc1ccccc1)C(=O)C1CC2CC2C1. The van der Waals surface area contributed by atoms with Gasteiger partial charge in [-0.15, -0.1) is 0 Å². The van der Waals surface area contributed by atoms with Gasteiger partial charge in [0.15, 0.2) is 0 Å². The highest BCUT2D eigenvalue weighted by molar-refractivity contribution is 5.79. The van der Waals surface area contributed by atoms with Crippen molar-refractivity contribution in [1.29, 1.82) is 0 Å². The molecule has 2 unspecified atom stereocenters. The van der Waals surface area contributed by atoms with Gasteiger partial charge in [0.1, 0.15) is 0 Å². The summed E-state index contributed by atoms with van der Waals surface area (Å²) in [6, 6.07) is 10.2. The van der Waals surface area contributed by atoms with Gasteiger partial charge >= 0.3 is 0 Å². The van der Waals surface area contributed by atoms with Gasteiger partial charge in [-0.25, -0.2) is 0 Å². The number of fused-ring (bicyclic) bond motifs is 1. The molecule has 0 aliphatic heterocycles. The average molecular weight is 258 g/mol. The Morgan fingerprint density at radius 1 is 1.16 bits per heavy atom. The summed E-state index contributed by atoms with van der Waals surface area (Å²) >= 11 is 0. The molecule has 0 aromatic heterocycles. The molecule has 2 saturated carbocycles. The normalized spacial score (nSPS) is 27.9. The second-order valence-electron chi connectivity index (χ2n) is 5.96. The molecule has 3 heteroatoms. The largest absolute Gasteiger partial charge is 0.337 e. The summed E-state index contributed by atoms with van der Waals surface area (Å²) in [4.78, 5) is 14.5. The van der Waals surface area contributed by atoms with E-state index in [0.717, 1.165) is 24.7 Å². The molecular formula is C16H22N2O. The minimum atomic E-state index is 0.263. The van der Waals surface area contributed by atoms with E-state index in [2.05, 4.69) is 12.1 Å². The van der Waals surface area contributed by atoms with Gasteiger partial charge in [0.05, 0.1) is 0 Å². The van der Waals surface area contributed by atoms with Gasteiger partial charge in [-0.05, 0) is 36.7 Å². The van der Waals surface area contributed by atoms with Crippen LogP contribution >= 0.6 is 0 Å². The zero-order valence-electron chi connectivity index (χ0n) is 11.3. The van der Waals surface area contributed by atoms with Crippen LogP contribution in [0.1, 0.15) is 24.8 Å². The molecule has 2 aliphatic rings. The summed E-state index contributed by atoms with van der Waals surface area (Å²) in [5, 5.41) is 0. The smallest absolute Gasteiger partial charge is 0.226 e. The first-order chi connectivity index (χ1) is 9.28. The lowest BCUT2D eigenvalue weighted by Crippen LogP contribution is -2.38. The Balaban J connectivity index is 1.64. The lowest BCUT2D eigenvalue weighted by molar-refractivity contribution is -0.136. The highest BCUT2D eigenvalue weighted by Crippen LogP contribution is 2.54. The summed E-state index contributed by atoms with van der Waals surface area (Å²) in [5.74, 6) is 2.29. The second kappa shape index (κ2) is 5.33. The molecule has 0 spiro atoms. The van der Waals surface area contributed by atoms with Gasteiger partial charge in [-0.1, -0.05) is 30.3 Å². The van der Waals surface area contributed by atoms with Crippen LogP contribution in [0.2, 0.25) is 0 Å². The number of hydrogen-bond donors (Lipinski definition) is 1. The fraction of sp³-hybridized carbons (Fsp3) is 0.562. The van der Waals surface area contributed by atoms with E-state index in [1.165, 1.54) is 12.0 Å². The summed E-state index contributed by atoms with van der Waals surface area (Å²) in [6.07, 6.45) is 3.58. The van der Waals surface area contributed by atoms with Crippen LogP contribution in [0, 0.1) is 17.8 Å². The van der Waals surface area contributed by atoms with Gasteiger partial charge < -0.3 is 10.6 Å². The molecule has 3 rings (SSSR count). The third-order valence-corrected chi connectivity index (χ3v) is 4.52. The van der Waals surface area contributed by atoms with Crippen LogP contribution in [0.25, 0.3) is 0 Å². The second-order valence-corrected chi connectivity index (χ2v) is 5.96. The number of nitrogens with zero attached hydrogens (tertiary/aromatic N) is 1. The highest BCUT2D eigenvalue weighted by atomic mass is 16.2. The molecule has 102 valence electrons. The van der Waals surface area contributed by atoms with Crippen molar-refractivity contribution in [1.82, 2.24) is 4.90 Å². The number of benzene rings is 1. The zero-order chi connectivity index (χ0) is 13.2. The van der Waals surface area contributed by atoms with E-state index in [0.29, 0.717) is 25.5 Å². The van der Waals surface area contributed by atoms with Crippen LogP contribution in [0.5, 0.6) is 0 Å². The fourth-order valence-corrected chi connectivity index (χ4v) is 3.40. The Hall–Kier alpha value is -1.35. The maximum atomic E-state index is 12.6. The van der Waals surface area contributed by atoms with Crippen LogP contribution in [-0.2, 0) is 11.3 Å². The van der Waals surface area contributed by atoms with E-state index in [-0.39, 0.29) is 5.92 Å². The Bertz CT molecular complexity index is 435. The quantitative estimate of drug-likeness (QED) is 0.878. The molecule has 1 aromatic rings. The number of hydrogen-bond acceptors (Lipinski definition) is 2. The van der Waals surface area contributed by atoms with Gasteiger partial charge in [0.25, 0.3) is 0 Å². The molecule has 0 bridgehead atoms. The van der Waals surface area contributed by atoms with Crippen molar-refractivity contribution in [3.63, 3.8) is 0 Å². The molecular weight excluding hydrogens is 236 g/mol. The summed E-state index contributed by atoms with van der Waals surface area (Å²) in [6.45, 7) is 1.90. The molecule has 2 fully saturated rings. The van der Waals surface area contributed by atoms with E-state index in [9.17, 15) is 4.79 Å². The Labute approximate surface area is 114 Å². The predicted octanol–water partition coefficient (Wildman–Crippen LogP) is 2.02. The van der Waals surface area contributed by atoms with Crippen molar-refractivity contribution in [2.45, 2.75) is 25.8 Å². The predicted molar refractivity (Wildman–Crippen MR) is 75.2 cm³/mol. The minimum absolute atomic E-state index is 0.263. The van der Waals surface area contributed by atoms with Crippen LogP contribution in [-0.4, -0.2) is 23.9 Å². The van der Waals surface area contributed by atoms with E-state index < -0.39 is 0 Å². The van der Waals surface area contributed by atoms with E-state index in [1.807, 2.05) is 23.1 Å². The summed E-state index contributed by atoms with van der Waals surface area (Å²) in [7, 11) is 0. The number of rotatable bonds is 5. The standard InChI is InChI=1S/C16H22N2O/c17-6-7-18(11-12-4-2-1-3-5-12)16(19)15-9-13-8-14(13)10-15/h1-5,13-15H,6-11,17H2. The lowest BCUT2D eigenvalue weighted by Gasteiger charge is -2.26. The third-order valence-electron chi connectivity index (χ3n) is 4.52. The zero-order valence-corrected chi connectivity index (χ0v) is 11.3. The lowest BCUT2D eigenvalue weighted by atomic mass is 10.0.